The van der Waals surface area contributed by atoms with Crippen molar-refractivity contribution in [3.05, 3.63) is 15.4 Å². The van der Waals surface area contributed by atoms with E-state index < -0.39 is 0 Å². The number of hydrogen-bond donors (Lipinski definition) is 0. The maximum Gasteiger partial charge on any atom is 0.210 e. The topological polar surface area (TPSA) is 29.6 Å². The number of nitrogens with zero attached hydrogens (tertiary/aromatic N) is 3. The van der Waals surface area contributed by atoms with Crippen molar-refractivity contribution < 1.29 is 0 Å². The van der Waals surface area contributed by atoms with Gasteiger partial charge in [0.2, 0.25) is 4.80 Å². The molecule has 3 nitrogen and oxygen atoms in total. The SMILES string of the molecule is CC(C)=NN=c1sc(C)c(C)n1CC(C)C. The van der Waals surface area contributed by atoms with Crippen molar-refractivity contribution in [3.63, 3.8) is 0 Å². The molecule has 1 heterocycles. The van der Waals surface area contributed by atoms with Gasteiger partial charge in [-0.1, -0.05) is 13.8 Å². The molecule has 0 saturated heterocycles. The Kier molecular flexibility index (Phi) is 4.47. The lowest BCUT2D eigenvalue weighted by Crippen LogP contribution is -2.19. The van der Waals surface area contributed by atoms with Crippen LogP contribution >= 0.6 is 11.3 Å². The molecule has 1 rings (SSSR count). The zero-order valence-electron chi connectivity index (χ0n) is 11.0. The van der Waals surface area contributed by atoms with Crippen LogP contribution in [0.4, 0.5) is 0 Å². The molecule has 0 aliphatic rings. The fourth-order valence-corrected chi connectivity index (χ4v) is 2.33. The Labute approximate surface area is 102 Å². The Bertz CT molecular complexity index is 445. The molecular formula is C12H21N3S. The third kappa shape index (κ3) is 3.30. The van der Waals surface area contributed by atoms with Gasteiger partial charge in [0, 0.05) is 22.8 Å². The maximum absolute atomic E-state index is 4.31. The first-order valence-electron chi connectivity index (χ1n) is 5.63. The molecule has 0 unspecified atom stereocenters. The Morgan fingerprint density at radius 3 is 2.44 bits per heavy atom. The van der Waals surface area contributed by atoms with Crippen molar-refractivity contribution in [1.29, 1.82) is 0 Å². The summed E-state index contributed by atoms with van der Waals surface area (Å²) in [6, 6.07) is 0. The molecule has 0 aliphatic carbocycles. The van der Waals surface area contributed by atoms with Crippen LogP contribution in [0.3, 0.4) is 0 Å². The molecule has 0 spiro atoms. The van der Waals surface area contributed by atoms with Crippen LogP contribution in [-0.2, 0) is 6.54 Å². The van der Waals surface area contributed by atoms with Gasteiger partial charge in [0.1, 0.15) is 0 Å². The monoisotopic (exact) mass is 239 g/mol. The minimum absolute atomic E-state index is 0.623. The van der Waals surface area contributed by atoms with Gasteiger partial charge in [-0.25, -0.2) is 0 Å². The largest absolute Gasteiger partial charge is 0.319 e. The molecule has 90 valence electrons. The van der Waals surface area contributed by atoms with E-state index >= 15 is 0 Å². The lowest BCUT2D eigenvalue weighted by molar-refractivity contribution is 0.504. The van der Waals surface area contributed by atoms with Gasteiger partial charge in [-0.15, -0.1) is 16.4 Å². The van der Waals surface area contributed by atoms with Crippen LogP contribution in [-0.4, -0.2) is 10.3 Å². The molecule has 4 heteroatoms. The molecule has 16 heavy (non-hydrogen) atoms. The summed E-state index contributed by atoms with van der Waals surface area (Å²) in [5, 5.41) is 8.46. The van der Waals surface area contributed by atoms with E-state index in [0.29, 0.717) is 5.92 Å². The van der Waals surface area contributed by atoms with E-state index in [4.69, 9.17) is 0 Å². The number of thiazole rings is 1. The molecule has 0 aliphatic heterocycles. The second-order valence-corrected chi connectivity index (χ2v) is 5.86. The number of aromatic nitrogens is 1. The highest BCUT2D eigenvalue weighted by Crippen LogP contribution is 2.11. The van der Waals surface area contributed by atoms with Gasteiger partial charge in [0.15, 0.2) is 0 Å². The van der Waals surface area contributed by atoms with Crippen LogP contribution < -0.4 is 4.80 Å². The summed E-state index contributed by atoms with van der Waals surface area (Å²) >= 11 is 1.71. The molecular weight excluding hydrogens is 218 g/mol. The van der Waals surface area contributed by atoms with Gasteiger partial charge >= 0.3 is 0 Å². The smallest absolute Gasteiger partial charge is 0.210 e. The van der Waals surface area contributed by atoms with E-state index in [1.54, 1.807) is 11.3 Å². The van der Waals surface area contributed by atoms with Crippen LogP contribution in [0.5, 0.6) is 0 Å². The summed E-state index contributed by atoms with van der Waals surface area (Å²) in [7, 11) is 0. The lowest BCUT2D eigenvalue weighted by Gasteiger charge is -2.08. The van der Waals surface area contributed by atoms with Crippen LogP contribution in [0.15, 0.2) is 10.2 Å². The summed E-state index contributed by atoms with van der Waals surface area (Å²) in [4.78, 5) is 2.33. The van der Waals surface area contributed by atoms with Gasteiger partial charge in [-0.2, -0.15) is 5.10 Å². The first-order valence-corrected chi connectivity index (χ1v) is 6.45. The molecule has 0 amide bonds. The van der Waals surface area contributed by atoms with Crippen molar-refractivity contribution in [2.24, 2.45) is 16.1 Å². The van der Waals surface area contributed by atoms with Crippen LogP contribution in [0.25, 0.3) is 0 Å². The number of aryl methyl sites for hydroxylation is 1. The van der Waals surface area contributed by atoms with Gasteiger partial charge in [-0.3, -0.25) is 0 Å². The minimum atomic E-state index is 0.623. The average Bonchev–Trinajstić information content (AvgIpc) is 2.42. The molecule has 0 atom stereocenters. The van der Waals surface area contributed by atoms with E-state index in [2.05, 4.69) is 42.5 Å². The zero-order chi connectivity index (χ0) is 12.3. The molecule has 0 saturated carbocycles. The highest BCUT2D eigenvalue weighted by atomic mass is 32.1. The predicted octanol–water partition coefficient (Wildman–Crippen LogP) is 3.12. The van der Waals surface area contributed by atoms with Crippen molar-refractivity contribution >= 4 is 17.0 Å². The van der Waals surface area contributed by atoms with E-state index in [9.17, 15) is 0 Å². The summed E-state index contributed by atoms with van der Waals surface area (Å²) in [5.41, 5.74) is 2.29. The molecule has 0 bridgehead atoms. The molecule has 0 fully saturated rings. The number of hydrogen-bond acceptors (Lipinski definition) is 3. The summed E-state index contributed by atoms with van der Waals surface area (Å²) < 4.78 is 2.26. The van der Waals surface area contributed by atoms with Gasteiger partial charge < -0.3 is 4.57 Å². The molecule has 0 aromatic carbocycles. The third-order valence-corrected chi connectivity index (χ3v) is 3.36. The second-order valence-electron chi connectivity index (χ2n) is 4.68. The Hall–Kier alpha value is -0.900. The van der Waals surface area contributed by atoms with E-state index in [0.717, 1.165) is 17.1 Å². The van der Waals surface area contributed by atoms with Crippen LogP contribution in [0, 0.1) is 19.8 Å². The Morgan fingerprint density at radius 1 is 1.31 bits per heavy atom. The highest BCUT2D eigenvalue weighted by Gasteiger charge is 2.07. The van der Waals surface area contributed by atoms with Crippen molar-refractivity contribution in [2.45, 2.75) is 48.1 Å². The van der Waals surface area contributed by atoms with Crippen molar-refractivity contribution in [1.82, 2.24) is 4.57 Å². The van der Waals surface area contributed by atoms with E-state index in [1.807, 2.05) is 13.8 Å². The Balaban J connectivity index is 3.23. The highest BCUT2D eigenvalue weighted by molar-refractivity contribution is 7.09. The van der Waals surface area contributed by atoms with Crippen molar-refractivity contribution in [3.8, 4) is 0 Å². The lowest BCUT2D eigenvalue weighted by atomic mass is 10.2. The minimum Gasteiger partial charge on any atom is -0.319 e. The van der Waals surface area contributed by atoms with Crippen LogP contribution in [0.2, 0.25) is 0 Å². The quantitative estimate of drug-likeness (QED) is 0.573. The average molecular weight is 239 g/mol. The van der Waals surface area contributed by atoms with E-state index in [-0.39, 0.29) is 0 Å². The molecule has 0 N–H and O–H groups in total. The van der Waals surface area contributed by atoms with E-state index in [1.165, 1.54) is 10.6 Å². The summed E-state index contributed by atoms with van der Waals surface area (Å²) in [6.07, 6.45) is 0. The van der Waals surface area contributed by atoms with Crippen molar-refractivity contribution in [2.75, 3.05) is 0 Å². The second kappa shape index (κ2) is 5.43. The molecule has 1 aromatic rings. The van der Waals surface area contributed by atoms with Gasteiger partial charge in [0.05, 0.1) is 0 Å². The van der Waals surface area contributed by atoms with Crippen LogP contribution in [0.1, 0.15) is 38.3 Å². The molecule has 0 radical (unpaired) electrons. The number of rotatable bonds is 3. The van der Waals surface area contributed by atoms with Gasteiger partial charge in [0.25, 0.3) is 0 Å². The first kappa shape index (κ1) is 13.2. The predicted molar refractivity (Wildman–Crippen MR) is 71.0 cm³/mol. The summed E-state index contributed by atoms with van der Waals surface area (Å²) in [5.74, 6) is 0.623. The van der Waals surface area contributed by atoms with Gasteiger partial charge in [-0.05, 0) is 33.6 Å². The Morgan fingerprint density at radius 2 is 1.94 bits per heavy atom. The zero-order valence-corrected chi connectivity index (χ0v) is 11.9. The fraction of sp³-hybridized carbons (Fsp3) is 0.667. The maximum atomic E-state index is 4.31. The normalized spacial score (nSPS) is 12.3. The third-order valence-electron chi connectivity index (χ3n) is 2.27. The molecule has 1 aromatic heterocycles. The fourth-order valence-electron chi connectivity index (χ4n) is 1.40. The standard InChI is InChI=1S/C12H21N3S/c1-8(2)7-15-10(5)11(6)16-12(15)14-13-9(3)4/h8H,7H2,1-6H3. The summed E-state index contributed by atoms with van der Waals surface area (Å²) in [6.45, 7) is 13.7. The first-order chi connectivity index (χ1) is 7.41.